The van der Waals surface area contributed by atoms with E-state index in [4.69, 9.17) is 11.6 Å². The van der Waals surface area contributed by atoms with Gasteiger partial charge in [-0.15, -0.1) is 5.10 Å². The summed E-state index contributed by atoms with van der Waals surface area (Å²) in [7, 11) is 0. The average Bonchev–Trinajstić information content (AvgIpc) is 3.16. The molecule has 0 aliphatic rings. The molecule has 0 radical (unpaired) electrons. The lowest BCUT2D eigenvalue weighted by molar-refractivity contribution is 0.668. The first-order valence-corrected chi connectivity index (χ1v) is 7.81. The predicted molar refractivity (Wildman–Crippen MR) is 86.3 cm³/mol. The molecule has 0 atom stereocenters. The van der Waals surface area contributed by atoms with Crippen LogP contribution in [0.2, 0.25) is 5.02 Å². The summed E-state index contributed by atoms with van der Waals surface area (Å²) in [6, 6.07) is 7.53. The molecule has 1 aromatic carbocycles. The molecule has 0 aliphatic carbocycles. The van der Waals surface area contributed by atoms with Crippen molar-refractivity contribution >= 4 is 11.6 Å². The van der Waals surface area contributed by atoms with Crippen LogP contribution in [0.1, 0.15) is 31.3 Å². The molecule has 3 rings (SSSR count). The number of rotatable bonds is 6. The maximum Gasteiger partial charge on any atom is 0.108 e. The second-order valence-corrected chi connectivity index (χ2v) is 5.64. The van der Waals surface area contributed by atoms with Crippen LogP contribution in [0.25, 0.3) is 5.69 Å². The van der Waals surface area contributed by atoms with Crippen LogP contribution in [0.15, 0.2) is 42.9 Å². The van der Waals surface area contributed by atoms with E-state index in [1.807, 2.05) is 42.9 Å². The van der Waals surface area contributed by atoms with Gasteiger partial charge in [-0.3, -0.25) is 0 Å². The summed E-state index contributed by atoms with van der Waals surface area (Å²) in [5.74, 6) is 1.10. The fourth-order valence-corrected chi connectivity index (χ4v) is 2.44. The number of halogens is 1. The summed E-state index contributed by atoms with van der Waals surface area (Å²) in [5, 5.41) is 9.13. The molecular weight excluding hydrogens is 298 g/mol. The van der Waals surface area contributed by atoms with E-state index in [9.17, 15) is 0 Å². The molecule has 0 fully saturated rings. The van der Waals surface area contributed by atoms with Crippen LogP contribution in [-0.4, -0.2) is 24.5 Å². The number of aromatic nitrogens is 5. The summed E-state index contributed by atoms with van der Waals surface area (Å²) in [5.41, 5.74) is 1.85. The van der Waals surface area contributed by atoms with Crippen molar-refractivity contribution in [3.8, 4) is 5.69 Å². The highest BCUT2D eigenvalue weighted by Gasteiger charge is 2.07. The van der Waals surface area contributed by atoms with E-state index in [0.717, 1.165) is 30.0 Å². The third-order valence-corrected chi connectivity index (χ3v) is 3.77. The molecule has 0 N–H and O–H groups in total. The van der Waals surface area contributed by atoms with Gasteiger partial charge in [-0.25, -0.2) is 9.67 Å². The summed E-state index contributed by atoms with van der Waals surface area (Å²) in [6.45, 7) is 2.87. The third kappa shape index (κ3) is 3.36. The standard InChI is InChI=1S/C16H18ClN5/c1-2-3-4-16-18-9-10-21(16)11-14-12-22(20-19-14)15-7-5-13(17)6-8-15/h5-10,12H,2-4,11H2,1H3. The van der Waals surface area contributed by atoms with Gasteiger partial charge < -0.3 is 4.57 Å². The van der Waals surface area contributed by atoms with Crippen molar-refractivity contribution in [2.75, 3.05) is 0 Å². The molecule has 114 valence electrons. The van der Waals surface area contributed by atoms with Crippen LogP contribution in [0.4, 0.5) is 0 Å². The average molecular weight is 316 g/mol. The lowest BCUT2D eigenvalue weighted by Gasteiger charge is -2.04. The molecule has 0 amide bonds. The van der Waals surface area contributed by atoms with E-state index in [-0.39, 0.29) is 0 Å². The Bertz CT molecular complexity index is 729. The molecule has 0 aliphatic heterocycles. The SMILES string of the molecule is CCCCc1nccn1Cc1cn(-c2ccc(Cl)cc2)nn1. The zero-order valence-corrected chi connectivity index (χ0v) is 13.2. The molecular formula is C16H18ClN5. The Morgan fingerprint density at radius 2 is 2.00 bits per heavy atom. The summed E-state index contributed by atoms with van der Waals surface area (Å²) >= 11 is 5.90. The van der Waals surface area contributed by atoms with Crippen molar-refractivity contribution in [1.29, 1.82) is 0 Å². The molecule has 0 saturated heterocycles. The van der Waals surface area contributed by atoms with E-state index in [2.05, 4.69) is 26.8 Å². The smallest absolute Gasteiger partial charge is 0.108 e. The van der Waals surface area contributed by atoms with Crippen LogP contribution in [0.5, 0.6) is 0 Å². The summed E-state index contributed by atoms with van der Waals surface area (Å²) < 4.78 is 3.89. The van der Waals surface area contributed by atoms with Gasteiger partial charge in [0.25, 0.3) is 0 Å². The van der Waals surface area contributed by atoms with Crippen LogP contribution in [0.3, 0.4) is 0 Å². The molecule has 0 unspecified atom stereocenters. The van der Waals surface area contributed by atoms with Gasteiger partial charge in [-0.2, -0.15) is 0 Å². The number of hydrogen-bond donors (Lipinski definition) is 0. The summed E-state index contributed by atoms with van der Waals surface area (Å²) in [6.07, 6.45) is 9.08. The van der Waals surface area contributed by atoms with Gasteiger partial charge in [-0.1, -0.05) is 30.2 Å². The van der Waals surface area contributed by atoms with E-state index in [1.165, 1.54) is 6.42 Å². The van der Waals surface area contributed by atoms with Crippen molar-refractivity contribution < 1.29 is 0 Å². The quantitative estimate of drug-likeness (QED) is 0.699. The number of nitrogens with zero attached hydrogens (tertiary/aromatic N) is 5. The Balaban J connectivity index is 1.74. The third-order valence-electron chi connectivity index (χ3n) is 3.52. The zero-order valence-electron chi connectivity index (χ0n) is 12.5. The van der Waals surface area contributed by atoms with Crippen molar-refractivity contribution in [3.05, 3.63) is 59.4 Å². The molecule has 22 heavy (non-hydrogen) atoms. The molecule has 0 bridgehead atoms. The van der Waals surface area contributed by atoms with Gasteiger partial charge in [0, 0.05) is 23.8 Å². The molecule has 2 aromatic heterocycles. The minimum Gasteiger partial charge on any atom is -0.329 e. The molecule has 5 nitrogen and oxygen atoms in total. The highest BCUT2D eigenvalue weighted by atomic mass is 35.5. The van der Waals surface area contributed by atoms with Gasteiger partial charge in [0.15, 0.2) is 0 Å². The Morgan fingerprint density at radius 1 is 1.18 bits per heavy atom. The number of imidazole rings is 1. The van der Waals surface area contributed by atoms with Crippen LogP contribution < -0.4 is 0 Å². The largest absolute Gasteiger partial charge is 0.329 e. The fraction of sp³-hybridized carbons (Fsp3) is 0.312. The lowest BCUT2D eigenvalue weighted by atomic mass is 10.2. The first-order valence-electron chi connectivity index (χ1n) is 7.43. The van der Waals surface area contributed by atoms with Crippen molar-refractivity contribution in [2.45, 2.75) is 32.7 Å². The lowest BCUT2D eigenvalue weighted by Crippen LogP contribution is -2.04. The monoisotopic (exact) mass is 315 g/mol. The van der Waals surface area contributed by atoms with E-state index < -0.39 is 0 Å². The zero-order chi connectivity index (χ0) is 15.4. The van der Waals surface area contributed by atoms with Crippen LogP contribution in [-0.2, 0) is 13.0 Å². The second kappa shape index (κ2) is 6.75. The fourth-order valence-electron chi connectivity index (χ4n) is 2.31. The normalized spacial score (nSPS) is 11.0. The van der Waals surface area contributed by atoms with Gasteiger partial charge in [0.2, 0.25) is 0 Å². The van der Waals surface area contributed by atoms with Gasteiger partial charge in [-0.05, 0) is 30.7 Å². The maximum absolute atomic E-state index is 5.90. The molecule has 0 spiro atoms. The highest BCUT2D eigenvalue weighted by Crippen LogP contribution is 2.13. The Hall–Kier alpha value is -2.14. The van der Waals surface area contributed by atoms with Crippen LogP contribution in [0, 0.1) is 0 Å². The minimum absolute atomic E-state index is 0.687. The summed E-state index contributed by atoms with van der Waals surface area (Å²) in [4.78, 5) is 4.42. The highest BCUT2D eigenvalue weighted by molar-refractivity contribution is 6.30. The Morgan fingerprint density at radius 3 is 2.77 bits per heavy atom. The van der Waals surface area contributed by atoms with E-state index in [0.29, 0.717) is 11.6 Å². The number of hydrogen-bond acceptors (Lipinski definition) is 3. The van der Waals surface area contributed by atoms with Gasteiger partial charge in [0.1, 0.15) is 11.5 Å². The van der Waals surface area contributed by atoms with Gasteiger partial charge >= 0.3 is 0 Å². The van der Waals surface area contributed by atoms with E-state index in [1.54, 1.807) is 4.68 Å². The number of aryl methyl sites for hydroxylation is 1. The first-order chi connectivity index (χ1) is 10.8. The topological polar surface area (TPSA) is 48.5 Å². The van der Waals surface area contributed by atoms with Crippen LogP contribution >= 0.6 is 11.6 Å². The van der Waals surface area contributed by atoms with E-state index >= 15 is 0 Å². The van der Waals surface area contributed by atoms with Crippen molar-refractivity contribution in [3.63, 3.8) is 0 Å². The minimum atomic E-state index is 0.687. The second-order valence-electron chi connectivity index (χ2n) is 5.21. The molecule has 6 heteroatoms. The van der Waals surface area contributed by atoms with Crippen molar-refractivity contribution in [1.82, 2.24) is 24.5 Å². The first kappa shape index (κ1) is 14.8. The molecule has 0 saturated carbocycles. The number of unbranched alkanes of at least 4 members (excludes halogenated alkanes) is 1. The van der Waals surface area contributed by atoms with Gasteiger partial charge in [0.05, 0.1) is 18.4 Å². The number of benzene rings is 1. The van der Waals surface area contributed by atoms with Crippen molar-refractivity contribution in [2.24, 2.45) is 0 Å². The Kier molecular flexibility index (Phi) is 4.53. The predicted octanol–water partition coefficient (Wildman–Crippen LogP) is 3.51. The molecule has 2 heterocycles. The maximum atomic E-state index is 5.90. The Labute approximate surface area is 134 Å². The molecule has 3 aromatic rings.